The minimum Gasteiger partial charge on any atom is -0.458 e. The number of fused-ring (bicyclic) bond motifs is 1. The Morgan fingerprint density at radius 3 is 2.51 bits per heavy atom. The molecular weight excluding hydrogens is 450 g/mol. The molecule has 2 aliphatic heterocycles. The molecular formula is C27H41NO7. The summed E-state index contributed by atoms with van der Waals surface area (Å²) in [5, 5.41) is 21.7. The number of cyclic esters (lactones) is 1. The van der Waals surface area contributed by atoms with Crippen molar-refractivity contribution in [2.45, 2.75) is 111 Å². The number of carbonyl (C=O) groups is 2. The molecule has 0 bridgehead atoms. The van der Waals surface area contributed by atoms with Crippen molar-refractivity contribution in [1.82, 2.24) is 4.98 Å². The number of aryl methyl sites for hydroxylation is 1. The molecule has 0 aliphatic carbocycles. The molecule has 3 heterocycles. The van der Waals surface area contributed by atoms with Gasteiger partial charge in [0, 0.05) is 19.3 Å². The minimum atomic E-state index is -1.24. The van der Waals surface area contributed by atoms with Gasteiger partial charge in [-0.05, 0) is 44.3 Å². The zero-order valence-electron chi connectivity index (χ0n) is 22.0. The maximum Gasteiger partial charge on any atom is 0.309 e. The number of ether oxygens (including phenoxy) is 2. The van der Waals surface area contributed by atoms with Gasteiger partial charge < -0.3 is 24.1 Å². The van der Waals surface area contributed by atoms with Crippen LogP contribution in [0.25, 0.3) is 6.08 Å². The highest BCUT2D eigenvalue weighted by molar-refractivity contribution is 5.88. The Balaban J connectivity index is 1.85. The van der Waals surface area contributed by atoms with E-state index in [1.54, 1.807) is 34.0 Å². The minimum absolute atomic E-state index is 0.0716. The first kappa shape index (κ1) is 27.6. The summed E-state index contributed by atoms with van der Waals surface area (Å²) >= 11 is 0. The monoisotopic (exact) mass is 491 g/mol. The lowest BCUT2D eigenvalue weighted by atomic mass is 9.73. The second kappa shape index (κ2) is 10.5. The molecule has 0 unspecified atom stereocenters. The molecule has 3 rings (SSSR count). The normalized spacial score (nSPS) is 37.5. The summed E-state index contributed by atoms with van der Waals surface area (Å²) in [7, 11) is 0. The second-order valence-corrected chi connectivity index (χ2v) is 11.3. The van der Waals surface area contributed by atoms with Gasteiger partial charge in [0.05, 0.1) is 35.7 Å². The van der Waals surface area contributed by atoms with Crippen LogP contribution >= 0.6 is 0 Å². The Hall–Kier alpha value is -2.03. The van der Waals surface area contributed by atoms with E-state index < -0.39 is 35.6 Å². The number of aliphatic hydroxyl groups excluding tert-OH is 2. The molecule has 2 N–H and O–H groups in total. The molecule has 0 amide bonds. The lowest BCUT2D eigenvalue weighted by Crippen LogP contribution is -2.45. The SMILES string of the molecule is CC(=Cc1coc(C)n1)[C@@H]1C[C@@H]2O[C@]2(C)CCC[C@H](C)[C@H](O)[C@@H](C)C(=O)C(C)(C)[C@@H](O)CC(=O)O1. The topological polar surface area (TPSA) is 122 Å². The van der Waals surface area contributed by atoms with Crippen LogP contribution in [0.15, 0.2) is 16.3 Å². The third-order valence-corrected chi connectivity index (χ3v) is 7.93. The molecule has 1 aromatic rings. The van der Waals surface area contributed by atoms with Crippen LogP contribution in [0.1, 0.15) is 85.2 Å². The Morgan fingerprint density at radius 2 is 1.89 bits per heavy atom. The summed E-state index contributed by atoms with van der Waals surface area (Å²) in [5.74, 6) is -1.06. The zero-order valence-corrected chi connectivity index (χ0v) is 22.0. The van der Waals surface area contributed by atoms with Crippen molar-refractivity contribution in [3.63, 3.8) is 0 Å². The Kier molecular flexibility index (Phi) is 8.29. The van der Waals surface area contributed by atoms with Gasteiger partial charge >= 0.3 is 5.97 Å². The van der Waals surface area contributed by atoms with Crippen LogP contribution in [0, 0.1) is 24.2 Å². The summed E-state index contributed by atoms with van der Waals surface area (Å²) in [4.78, 5) is 30.4. The molecule has 0 saturated carbocycles. The highest BCUT2D eigenvalue weighted by Crippen LogP contribution is 2.45. The number of rotatable bonds is 2. The number of oxazole rings is 1. The molecule has 7 atom stereocenters. The quantitative estimate of drug-likeness (QED) is 0.470. The number of epoxide rings is 1. The van der Waals surface area contributed by atoms with Gasteiger partial charge in [-0.1, -0.05) is 34.1 Å². The Bertz CT molecular complexity index is 951. The predicted molar refractivity (Wildman–Crippen MR) is 130 cm³/mol. The van der Waals surface area contributed by atoms with E-state index in [-0.39, 0.29) is 29.8 Å². The summed E-state index contributed by atoms with van der Waals surface area (Å²) in [6.45, 7) is 12.5. The molecule has 8 heteroatoms. The van der Waals surface area contributed by atoms with Crippen molar-refractivity contribution in [3.05, 3.63) is 23.4 Å². The average Bonchev–Trinajstić information content (AvgIpc) is 3.22. The number of Topliss-reactive ketones (excluding diaryl/α,β-unsaturated/α-hetero) is 1. The maximum atomic E-state index is 13.2. The number of aliphatic hydroxyl groups is 2. The molecule has 2 fully saturated rings. The molecule has 1 aromatic heterocycles. The second-order valence-electron chi connectivity index (χ2n) is 11.3. The van der Waals surface area contributed by atoms with E-state index in [0.29, 0.717) is 18.0 Å². The third kappa shape index (κ3) is 6.40. The van der Waals surface area contributed by atoms with Crippen molar-refractivity contribution < 1.29 is 33.7 Å². The summed E-state index contributed by atoms with van der Waals surface area (Å²) < 4.78 is 17.1. The van der Waals surface area contributed by atoms with Gasteiger partial charge in [0.15, 0.2) is 5.89 Å². The standard InChI is InChI=1S/C27H41NO7/c1-15-9-8-10-27(7)22(35-27)12-20(16(2)11-19-14-33-18(4)28-19)34-23(30)13-21(29)26(5,6)25(32)17(3)24(15)31/h11,14-15,17,20-22,24,29,31H,8-10,12-13H2,1-7H3/t15-,17+,20-,21-,22-,24-,27+/m0/s1. The number of nitrogens with zero attached hydrogens (tertiary/aromatic N) is 1. The molecule has 0 spiro atoms. The van der Waals surface area contributed by atoms with Gasteiger partial charge in [0.2, 0.25) is 0 Å². The van der Waals surface area contributed by atoms with Crippen molar-refractivity contribution in [3.8, 4) is 0 Å². The van der Waals surface area contributed by atoms with E-state index in [4.69, 9.17) is 13.9 Å². The summed E-state index contributed by atoms with van der Waals surface area (Å²) in [6, 6.07) is 0. The van der Waals surface area contributed by atoms with Crippen molar-refractivity contribution in [2.75, 3.05) is 0 Å². The average molecular weight is 492 g/mol. The zero-order chi connectivity index (χ0) is 26.1. The lowest BCUT2D eigenvalue weighted by Gasteiger charge is -2.34. The summed E-state index contributed by atoms with van der Waals surface area (Å²) in [6.07, 6.45) is 3.23. The fraction of sp³-hybridized carbons (Fsp3) is 0.741. The highest BCUT2D eigenvalue weighted by atomic mass is 16.6. The van der Waals surface area contributed by atoms with Crippen LogP contribution in [0.5, 0.6) is 0 Å². The number of hydrogen-bond acceptors (Lipinski definition) is 8. The van der Waals surface area contributed by atoms with Crippen molar-refractivity contribution in [1.29, 1.82) is 0 Å². The number of hydrogen-bond donors (Lipinski definition) is 2. The first-order valence-electron chi connectivity index (χ1n) is 12.6. The summed E-state index contributed by atoms with van der Waals surface area (Å²) in [5.41, 5.74) is -0.107. The lowest BCUT2D eigenvalue weighted by molar-refractivity contribution is -0.154. The number of aromatic nitrogens is 1. The molecule has 196 valence electrons. The Morgan fingerprint density at radius 1 is 1.20 bits per heavy atom. The van der Waals surface area contributed by atoms with E-state index >= 15 is 0 Å². The molecule has 8 nitrogen and oxygen atoms in total. The molecule has 2 saturated heterocycles. The van der Waals surface area contributed by atoms with E-state index in [1.807, 2.05) is 19.9 Å². The molecule has 0 aromatic carbocycles. The van der Waals surface area contributed by atoms with E-state index in [9.17, 15) is 19.8 Å². The van der Waals surface area contributed by atoms with Crippen LogP contribution < -0.4 is 0 Å². The smallest absolute Gasteiger partial charge is 0.309 e. The van der Waals surface area contributed by atoms with Crippen LogP contribution in [0.3, 0.4) is 0 Å². The third-order valence-electron chi connectivity index (χ3n) is 7.93. The van der Waals surface area contributed by atoms with Gasteiger partial charge in [-0.2, -0.15) is 0 Å². The molecule has 2 aliphatic rings. The van der Waals surface area contributed by atoms with Gasteiger partial charge in [-0.15, -0.1) is 0 Å². The Labute approximate surface area is 208 Å². The van der Waals surface area contributed by atoms with Crippen LogP contribution in [-0.4, -0.2) is 57.0 Å². The number of carbonyl (C=O) groups excluding carboxylic acids is 2. The molecule has 0 radical (unpaired) electrons. The first-order chi connectivity index (χ1) is 16.2. The van der Waals surface area contributed by atoms with Crippen molar-refractivity contribution in [2.24, 2.45) is 17.3 Å². The molecule has 35 heavy (non-hydrogen) atoms. The van der Waals surface area contributed by atoms with Crippen molar-refractivity contribution >= 4 is 17.8 Å². The van der Waals surface area contributed by atoms with E-state index in [0.717, 1.165) is 24.8 Å². The first-order valence-corrected chi connectivity index (χ1v) is 12.6. The predicted octanol–water partition coefficient (Wildman–Crippen LogP) is 4.01. The van der Waals surface area contributed by atoms with Crippen LogP contribution in [0.4, 0.5) is 0 Å². The van der Waals surface area contributed by atoms with E-state index in [1.165, 1.54) is 0 Å². The number of ketones is 1. The van der Waals surface area contributed by atoms with Crippen LogP contribution in [-0.2, 0) is 19.1 Å². The fourth-order valence-electron chi connectivity index (χ4n) is 5.07. The fourth-order valence-corrected chi connectivity index (χ4v) is 5.07. The highest BCUT2D eigenvalue weighted by Gasteiger charge is 2.53. The van der Waals surface area contributed by atoms with Gasteiger partial charge in [-0.25, -0.2) is 4.98 Å². The van der Waals surface area contributed by atoms with Gasteiger partial charge in [0.1, 0.15) is 23.8 Å². The largest absolute Gasteiger partial charge is 0.458 e. The van der Waals surface area contributed by atoms with E-state index in [2.05, 4.69) is 11.9 Å². The van der Waals surface area contributed by atoms with Crippen LogP contribution in [0.2, 0.25) is 0 Å². The number of esters is 1. The maximum absolute atomic E-state index is 13.2. The van der Waals surface area contributed by atoms with Gasteiger partial charge in [-0.3, -0.25) is 9.59 Å². The van der Waals surface area contributed by atoms with Gasteiger partial charge in [0.25, 0.3) is 0 Å².